The average molecular weight is 500 g/mol. The molecule has 0 spiro atoms. The molecule has 1 fully saturated rings. The molecule has 3 aromatic rings. The van der Waals surface area contributed by atoms with E-state index in [-0.39, 0.29) is 37.4 Å². The maximum absolute atomic E-state index is 13.2. The van der Waals surface area contributed by atoms with Gasteiger partial charge < -0.3 is 25.7 Å². The lowest BCUT2D eigenvalue weighted by Gasteiger charge is -2.27. The Morgan fingerprint density at radius 1 is 1.06 bits per heavy atom. The minimum Gasteiger partial charge on any atom is -0.378 e. The molecule has 36 heavy (non-hydrogen) atoms. The van der Waals surface area contributed by atoms with E-state index in [1.165, 1.54) is 30.5 Å². The van der Waals surface area contributed by atoms with Crippen LogP contribution in [0.2, 0.25) is 0 Å². The highest BCUT2D eigenvalue weighted by Crippen LogP contribution is 2.35. The van der Waals surface area contributed by atoms with Gasteiger partial charge >= 0.3 is 6.18 Å². The normalized spacial score (nSPS) is 17.4. The summed E-state index contributed by atoms with van der Waals surface area (Å²) in [5.74, 6) is -1.02. The number of alkyl halides is 3. The van der Waals surface area contributed by atoms with Gasteiger partial charge in [0.15, 0.2) is 0 Å². The highest BCUT2D eigenvalue weighted by molar-refractivity contribution is 5.99. The van der Waals surface area contributed by atoms with Crippen molar-refractivity contribution in [2.24, 2.45) is 0 Å². The number of nitrogens with one attached hydrogen (secondary N) is 4. The van der Waals surface area contributed by atoms with Gasteiger partial charge in [0, 0.05) is 43.1 Å². The predicted octanol–water partition coefficient (Wildman–Crippen LogP) is 3.34. The molecule has 11 heteroatoms. The third-order valence-electron chi connectivity index (χ3n) is 5.76. The Bertz CT molecular complexity index is 1300. The molecule has 0 saturated carbocycles. The number of aromatic nitrogens is 1. The van der Waals surface area contributed by atoms with Gasteiger partial charge in [0.1, 0.15) is 5.54 Å². The van der Waals surface area contributed by atoms with Gasteiger partial charge in [-0.2, -0.15) is 13.2 Å². The number of ether oxygens (including phenoxy) is 1. The number of benzene rings is 2. The first-order valence-electron chi connectivity index (χ1n) is 11.1. The quantitative estimate of drug-likeness (QED) is 0.398. The zero-order valence-electron chi connectivity index (χ0n) is 18.9. The van der Waals surface area contributed by atoms with Crippen LogP contribution in [-0.2, 0) is 22.3 Å². The van der Waals surface area contributed by atoms with Crippen LogP contribution >= 0.6 is 0 Å². The van der Waals surface area contributed by atoms with Crippen molar-refractivity contribution in [2.45, 2.75) is 24.7 Å². The van der Waals surface area contributed by atoms with Crippen LogP contribution in [0, 0.1) is 0 Å². The van der Waals surface area contributed by atoms with Crippen molar-refractivity contribution in [1.29, 1.82) is 0 Å². The summed E-state index contributed by atoms with van der Waals surface area (Å²) >= 11 is 0. The van der Waals surface area contributed by atoms with Crippen molar-refractivity contribution in [3.8, 4) is 0 Å². The lowest BCUT2D eigenvalue weighted by Crippen LogP contribution is -2.59. The van der Waals surface area contributed by atoms with Gasteiger partial charge in [-0.3, -0.25) is 14.4 Å². The van der Waals surface area contributed by atoms with Crippen LogP contribution in [-0.4, -0.2) is 35.6 Å². The highest BCUT2D eigenvalue weighted by atomic mass is 19.4. The van der Waals surface area contributed by atoms with Crippen LogP contribution in [0.15, 0.2) is 71.7 Å². The minimum absolute atomic E-state index is 0.0186. The largest absolute Gasteiger partial charge is 0.418 e. The minimum atomic E-state index is -4.49. The van der Waals surface area contributed by atoms with Gasteiger partial charge in [0.05, 0.1) is 17.9 Å². The van der Waals surface area contributed by atoms with E-state index in [9.17, 15) is 27.6 Å². The Morgan fingerprint density at radius 3 is 2.47 bits per heavy atom. The second-order valence-corrected chi connectivity index (χ2v) is 8.33. The molecule has 0 aliphatic carbocycles. The van der Waals surface area contributed by atoms with E-state index in [1.807, 2.05) is 0 Å². The number of aromatic amines is 1. The third-order valence-corrected chi connectivity index (χ3v) is 5.76. The zero-order valence-corrected chi connectivity index (χ0v) is 18.9. The van der Waals surface area contributed by atoms with Crippen LogP contribution in [0.5, 0.6) is 0 Å². The number of hydrogen-bond acceptors (Lipinski definition) is 5. The maximum atomic E-state index is 13.2. The molecule has 1 aromatic heterocycles. The van der Waals surface area contributed by atoms with E-state index in [1.54, 1.807) is 24.3 Å². The van der Waals surface area contributed by atoms with Crippen LogP contribution in [0.1, 0.15) is 27.9 Å². The summed E-state index contributed by atoms with van der Waals surface area (Å²) in [7, 11) is 0. The van der Waals surface area contributed by atoms with Gasteiger partial charge in [-0.05, 0) is 35.9 Å². The lowest BCUT2D eigenvalue weighted by molar-refractivity contribution is -0.137. The molecule has 1 saturated heterocycles. The van der Waals surface area contributed by atoms with E-state index in [4.69, 9.17) is 4.74 Å². The number of hydrogen-bond donors (Lipinski definition) is 4. The molecule has 2 heterocycles. The van der Waals surface area contributed by atoms with E-state index in [2.05, 4.69) is 20.9 Å². The molecule has 1 atom stereocenters. The number of rotatable bonds is 7. The van der Waals surface area contributed by atoms with Crippen molar-refractivity contribution in [3.63, 3.8) is 0 Å². The molecule has 4 rings (SSSR count). The molecule has 1 aliphatic heterocycles. The molecule has 0 unspecified atom stereocenters. The summed E-state index contributed by atoms with van der Waals surface area (Å²) < 4.78 is 45.0. The summed E-state index contributed by atoms with van der Waals surface area (Å²) in [6.07, 6.45) is -2.88. The van der Waals surface area contributed by atoms with Gasteiger partial charge in [0.2, 0.25) is 11.5 Å². The van der Waals surface area contributed by atoms with Crippen LogP contribution in [0.25, 0.3) is 0 Å². The van der Waals surface area contributed by atoms with Crippen molar-refractivity contribution < 1.29 is 27.5 Å². The smallest absolute Gasteiger partial charge is 0.378 e. The first kappa shape index (κ1) is 25.0. The molecular weight excluding hydrogens is 477 g/mol. The number of anilines is 2. The molecule has 2 aromatic carbocycles. The summed E-state index contributed by atoms with van der Waals surface area (Å²) in [6.45, 7) is 0.388. The topological polar surface area (TPSA) is 112 Å². The van der Waals surface area contributed by atoms with E-state index in [0.717, 1.165) is 12.1 Å². The number of carbonyl (C=O) groups is 2. The first-order chi connectivity index (χ1) is 17.2. The second-order valence-electron chi connectivity index (χ2n) is 8.33. The Balaban J connectivity index is 1.39. The summed E-state index contributed by atoms with van der Waals surface area (Å²) in [5, 5.41) is 8.24. The van der Waals surface area contributed by atoms with Gasteiger partial charge in [0.25, 0.3) is 5.91 Å². The van der Waals surface area contributed by atoms with Gasteiger partial charge in [-0.15, -0.1) is 0 Å². The molecular formula is C25H23F3N4O4. The Hall–Kier alpha value is -4.12. The Labute approximate surface area is 203 Å². The van der Waals surface area contributed by atoms with Gasteiger partial charge in [-0.1, -0.05) is 24.3 Å². The molecule has 0 radical (unpaired) electrons. The average Bonchev–Trinajstić information content (AvgIpc) is 3.33. The van der Waals surface area contributed by atoms with Crippen LogP contribution in [0.3, 0.4) is 0 Å². The third kappa shape index (κ3) is 5.74. The zero-order chi connectivity index (χ0) is 25.8. The standard InChI is InChI=1S/C25H23F3N4O4/c26-25(27,28)19-3-1-2-4-20(19)31-18-7-5-16(6-8-18)14-30-23(35)24(10-12-36-15-24)32-22(34)17-9-11-29-21(33)13-17/h1-9,11,13,31H,10,12,14-15H2,(H,29,33)(H,30,35)(H,32,34)/t24-/m0/s1. The highest BCUT2D eigenvalue weighted by Gasteiger charge is 2.43. The van der Waals surface area contributed by atoms with Crippen molar-refractivity contribution >= 4 is 23.2 Å². The summed E-state index contributed by atoms with van der Waals surface area (Å²) in [4.78, 5) is 39.6. The van der Waals surface area contributed by atoms with E-state index in [0.29, 0.717) is 11.3 Å². The number of amides is 2. The molecule has 2 amide bonds. The van der Waals surface area contributed by atoms with Crippen molar-refractivity contribution in [2.75, 3.05) is 18.5 Å². The fourth-order valence-corrected chi connectivity index (χ4v) is 3.83. The van der Waals surface area contributed by atoms with Crippen molar-refractivity contribution in [3.05, 3.63) is 93.9 Å². The van der Waals surface area contributed by atoms with Crippen LogP contribution < -0.4 is 21.5 Å². The number of H-pyrrole nitrogens is 1. The number of carbonyl (C=O) groups excluding carboxylic acids is 2. The van der Waals surface area contributed by atoms with Crippen molar-refractivity contribution in [1.82, 2.24) is 15.6 Å². The lowest BCUT2D eigenvalue weighted by atomic mass is 9.96. The van der Waals surface area contributed by atoms with E-state index < -0.39 is 34.7 Å². The maximum Gasteiger partial charge on any atom is 0.418 e. The van der Waals surface area contributed by atoms with Crippen LogP contribution in [0.4, 0.5) is 24.5 Å². The molecule has 0 bridgehead atoms. The molecule has 1 aliphatic rings. The summed E-state index contributed by atoms with van der Waals surface area (Å²) in [6, 6.07) is 14.3. The number of halogens is 3. The SMILES string of the molecule is O=C(N[C@@]1(C(=O)NCc2ccc(Nc3ccccc3C(F)(F)F)cc2)CCOC1)c1cc[nH]c(=O)c1. The Kier molecular flexibility index (Phi) is 7.11. The van der Waals surface area contributed by atoms with Gasteiger partial charge in [-0.25, -0.2) is 0 Å². The fourth-order valence-electron chi connectivity index (χ4n) is 3.83. The first-order valence-corrected chi connectivity index (χ1v) is 11.1. The monoisotopic (exact) mass is 500 g/mol. The Morgan fingerprint density at radius 2 is 1.81 bits per heavy atom. The second kappa shape index (κ2) is 10.2. The number of pyridine rings is 1. The molecule has 8 nitrogen and oxygen atoms in total. The molecule has 4 N–H and O–H groups in total. The fraction of sp³-hybridized carbons (Fsp3) is 0.240. The van der Waals surface area contributed by atoms with E-state index >= 15 is 0 Å². The number of para-hydroxylation sites is 1. The summed E-state index contributed by atoms with van der Waals surface area (Å²) in [5.41, 5.74) is -1.29. The molecule has 188 valence electrons. The predicted molar refractivity (Wildman–Crippen MR) is 126 cm³/mol.